The molecule has 1 aliphatic rings. The zero-order valence-corrected chi connectivity index (χ0v) is 18.7. The first-order chi connectivity index (χ1) is 13.3. The molecule has 0 spiro atoms. The Labute approximate surface area is 182 Å². The maximum absolute atomic E-state index is 4.59. The van der Waals surface area contributed by atoms with Crippen molar-refractivity contribution in [2.45, 2.75) is 45.3 Å². The van der Waals surface area contributed by atoms with Crippen molar-refractivity contribution in [2.24, 2.45) is 4.99 Å². The number of aliphatic imine (C=N–C) groups is 1. The van der Waals surface area contributed by atoms with E-state index in [4.69, 9.17) is 0 Å². The van der Waals surface area contributed by atoms with Gasteiger partial charge < -0.3 is 10.6 Å². The van der Waals surface area contributed by atoms with Gasteiger partial charge in [-0.1, -0.05) is 49.4 Å². The van der Waals surface area contributed by atoms with Crippen LogP contribution in [0.1, 0.15) is 30.6 Å². The monoisotopic (exact) mass is 490 g/mol. The largest absolute Gasteiger partial charge is 0.352 e. The number of hydrogen-bond acceptors (Lipinski definition) is 3. The average molecular weight is 490 g/mol. The Morgan fingerprint density at radius 1 is 1.21 bits per heavy atom. The minimum absolute atomic E-state index is 0. The van der Waals surface area contributed by atoms with Crippen LogP contribution in [0.3, 0.4) is 0 Å². The maximum Gasteiger partial charge on any atom is 0.191 e. The van der Waals surface area contributed by atoms with E-state index < -0.39 is 0 Å². The molecule has 1 aromatic heterocycles. The summed E-state index contributed by atoms with van der Waals surface area (Å²) in [5.74, 6) is 2.86. The Morgan fingerprint density at radius 3 is 2.86 bits per heavy atom. The highest BCUT2D eigenvalue weighted by molar-refractivity contribution is 14.0. The molecule has 2 heterocycles. The molecule has 148 valence electrons. The second kappa shape index (κ2) is 9.36. The van der Waals surface area contributed by atoms with Crippen LogP contribution in [0.15, 0.2) is 47.5 Å². The van der Waals surface area contributed by atoms with Gasteiger partial charge in [0.1, 0.15) is 5.82 Å². The molecular weight excluding hydrogens is 463 g/mol. The molecule has 1 atom stereocenters. The van der Waals surface area contributed by atoms with E-state index in [-0.39, 0.29) is 24.0 Å². The third-order valence-corrected chi connectivity index (χ3v) is 5.11. The fourth-order valence-electron chi connectivity index (χ4n) is 3.64. The second-order valence-electron chi connectivity index (χ2n) is 6.92. The molecular formula is C21H27IN6. The van der Waals surface area contributed by atoms with Crippen LogP contribution in [-0.4, -0.2) is 33.8 Å². The number of benzene rings is 2. The summed E-state index contributed by atoms with van der Waals surface area (Å²) in [5, 5.41) is 14.1. The van der Waals surface area contributed by atoms with Crippen LogP contribution in [0.2, 0.25) is 0 Å². The lowest BCUT2D eigenvalue weighted by Gasteiger charge is -2.25. The van der Waals surface area contributed by atoms with E-state index in [0.29, 0.717) is 6.04 Å². The summed E-state index contributed by atoms with van der Waals surface area (Å²) in [4.78, 5) is 8.99. The standard InChI is InChI=1S/C21H26N6.HI/c1-3-19-25-20-12-11-17(14-27(20)26-19)24-21(22-2)23-13-16-9-6-8-15-7-4-5-10-18(15)16;/h4-10,17H,3,11-14H2,1-2H3,(H2,22,23,24);1H. The van der Waals surface area contributed by atoms with Crippen LogP contribution in [0.4, 0.5) is 0 Å². The first-order valence-corrected chi connectivity index (χ1v) is 9.63. The highest BCUT2D eigenvalue weighted by atomic mass is 127. The van der Waals surface area contributed by atoms with Crippen molar-refractivity contribution in [1.29, 1.82) is 0 Å². The van der Waals surface area contributed by atoms with Gasteiger partial charge in [-0.3, -0.25) is 4.99 Å². The minimum Gasteiger partial charge on any atom is -0.352 e. The number of fused-ring (bicyclic) bond motifs is 2. The molecule has 0 amide bonds. The third kappa shape index (κ3) is 4.45. The van der Waals surface area contributed by atoms with Crippen molar-refractivity contribution in [3.63, 3.8) is 0 Å². The first kappa shape index (κ1) is 20.6. The lowest BCUT2D eigenvalue weighted by Crippen LogP contribution is -2.46. The van der Waals surface area contributed by atoms with Gasteiger partial charge in [0, 0.05) is 32.5 Å². The minimum atomic E-state index is 0. The lowest BCUT2D eigenvalue weighted by molar-refractivity contribution is 0.392. The Morgan fingerprint density at radius 2 is 2.04 bits per heavy atom. The predicted molar refractivity (Wildman–Crippen MR) is 124 cm³/mol. The van der Waals surface area contributed by atoms with Crippen molar-refractivity contribution in [3.8, 4) is 0 Å². The van der Waals surface area contributed by atoms with Crippen LogP contribution in [-0.2, 0) is 25.9 Å². The number of rotatable bonds is 4. The zero-order valence-electron chi connectivity index (χ0n) is 16.4. The van der Waals surface area contributed by atoms with E-state index in [0.717, 1.165) is 50.0 Å². The van der Waals surface area contributed by atoms with Crippen molar-refractivity contribution in [3.05, 3.63) is 59.7 Å². The second-order valence-corrected chi connectivity index (χ2v) is 6.92. The maximum atomic E-state index is 4.59. The van der Waals surface area contributed by atoms with Gasteiger partial charge in [0.05, 0.1) is 6.54 Å². The summed E-state index contributed by atoms with van der Waals surface area (Å²) in [5.41, 5.74) is 1.27. The van der Waals surface area contributed by atoms with E-state index in [1.165, 1.54) is 16.3 Å². The Hall–Kier alpha value is -2.16. The number of aryl methyl sites for hydroxylation is 2. The van der Waals surface area contributed by atoms with Gasteiger partial charge in [-0.05, 0) is 22.8 Å². The fourth-order valence-corrected chi connectivity index (χ4v) is 3.64. The number of nitrogens with zero attached hydrogens (tertiary/aromatic N) is 4. The molecule has 7 heteroatoms. The zero-order chi connectivity index (χ0) is 18.6. The summed E-state index contributed by atoms with van der Waals surface area (Å²) in [7, 11) is 1.82. The number of hydrogen-bond donors (Lipinski definition) is 2. The van der Waals surface area contributed by atoms with E-state index >= 15 is 0 Å². The van der Waals surface area contributed by atoms with Gasteiger partial charge in [0.2, 0.25) is 0 Å². The molecule has 0 saturated heterocycles. The summed E-state index contributed by atoms with van der Waals surface area (Å²) in [6, 6.07) is 15.2. The summed E-state index contributed by atoms with van der Waals surface area (Å²) in [6.07, 6.45) is 2.87. The van der Waals surface area contributed by atoms with Gasteiger partial charge in [-0.15, -0.1) is 24.0 Å². The molecule has 1 unspecified atom stereocenters. The average Bonchev–Trinajstić information content (AvgIpc) is 3.13. The fraction of sp³-hybridized carbons (Fsp3) is 0.381. The van der Waals surface area contributed by atoms with E-state index in [1.807, 2.05) is 11.7 Å². The number of nitrogens with one attached hydrogen (secondary N) is 2. The number of guanidine groups is 1. The van der Waals surface area contributed by atoms with Crippen molar-refractivity contribution in [1.82, 2.24) is 25.4 Å². The third-order valence-electron chi connectivity index (χ3n) is 5.11. The highest BCUT2D eigenvalue weighted by Gasteiger charge is 2.22. The van der Waals surface area contributed by atoms with Crippen molar-refractivity contribution in [2.75, 3.05) is 7.05 Å². The highest BCUT2D eigenvalue weighted by Crippen LogP contribution is 2.18. The molecule has 1 aliphatic heterocycles. The Kier molecular flexibility index (Phi) is 6.88. The van der Waals surface area contributed by atoms with Crippen LogP contribution in [0.25, 0.3) is 10.8 Å². The molecule has 28 heavy (non-hydrogen) atoms. The molecule has 0 aliphatic carbocycles. The van der Waals surface area contributed by atoms with Gasteiger partial charge in [0.15, 0.2) is 11.8 Å². The van der Waals surface area contributed by atoms with Crippen LogP contribution in [0, 0.1) is 0 Å². The van der Waals surface area contributed by atoms with E-state index in [1.54, 1.807) is 0 Å². The molecule has 0 bridgehead atoms. The van der Waals surface area contributed by atoms with Crippen molar-refractivity contribution >= 4 is 40.7 Å². The van der Waals surface area contributed by atoms with Crippen LogP contribution >= 0.6 is 24.0 Å². The van der Waals surface area contributed by atoms with E-state index in [9.17, 15) is 0 Å². The first-order valence-electron chi connectivity index (χ1n) is 9.63. The molecule has 0 radical (unpaired) electrons. The SMILES string of the molecule is CCc1nc2n(n1)CC(NC(=NC)NCc1cccc3ccccc13)CC2.I. The quantitative estimate of drug-likeness (QED) is 0.335. The molecule has 2 N–H and O–H groups in total. The molecule has 3 aromatic rings. The van der Waals surface area contributed by atoms with Crippen LogP contribution in [0.5, 0.6) is 0 Å². The van der Waals surface area contributed by atoms with Crippen LogP contribution < -0.4 is 10.6 Å². The molecule has 0 fully saturated rings. The van der Waals surface area contributed by atoms with Gasteiger partial charge >= 0.3 is 0 Å². The Balaban J connectivity index is 0.00000225. The summed E-state index contributed by atoms with van der Waals surface area (Å²) in [6.45, 7) is 3.66. The Bertz CT molecular complexity index is 959. The van der Waals surface area contributed by atoms with Gasteiger partial charge in [-0.25, -0.2) is 9.67 Å². The molecule has 4 rings (SSSR count). The summed E-state index contributed by atoms with van der Waals surface area (Å²) < 4.78 is 2.04. The molecule has 6 nitrogen and oxygen atoms in total. The van der Waals surface area contributed by atoms with E-state index in [2.05, 4.69) is 75.1 Å². The van der Waals surface area contributed by atoms with Gasteiger partial charge in [0.25, 0.3) is 0 Å². The number of aromatic nitrogens is 3. The lowest BCUT2D eigenvalue weighted by atomic mass is 10.0. The topological polar surface area (TPSA) is 67.1 Å². The van der Waals surface area contributed by atoms with Gasteiger partial charge in [-0.2, -0.15) is 5.10 Å². The number of halogens is 1. The molecule has 0 saturated carbocycles. The molecule has 2 aromatic carbocycles. The van der Waals surface area contributed by atoms with Crippen molar-refractivity contribution < 1.29 is 0 Å². The normalized spacial score (nSPS) is 16.4. The smallest absolute Gasteiger partial charge is 0.191 e. The summed E-state index contributed by atoms with van der Waals surface area (Å²) >= 11 is 0. The predicted octanol–water partition coefficient (Wildman–Crippen LogP) is 3.29.